The molecule has 0 aromatic carbocycles. The number of nitriles is 1. The van der Waals surface area contributed by atoms with Crippen LogP contribution in [0.25, 0.3) is 16.6 Å². The summed E-state index contributed by atoms with van der Waals surface area (Å²) >= 11 is 0. The molecule has 0 N–H and O–H groups in total. The number of methoxy groups -OCH3 is 1. The maximum Gasteiger partial charge on any atom is 0.0886 e. The molecule has 8 heteroatoms. The van der Waals surface area contributed by atoms with Crippen LogP contribution in [-0.4, -0.2) is 69.2 Å². The molecule has 1 saturated carbocycles. The molecule has 0 spiro atoms. The van der Waals surface area contributed by atoms with Crippen molar-refractivity contribution in [2.75, 3.05) is 31.7 Å². The Morgan fingerprint density at radius 3 is 2.58 bits per heavy atom. The van der Waals surface area contributed by atoms with Gasteiger partial charge in [-0.3, -0.25) is 9.58 Å². The number of fused-ring (bicyclic) bond motifs is 3. The molecule has 1 aliphatic carbocycles. The second-order valence-electron chi connectivity index (χ2n) is 10.1. The van der Waals surface area contributed by atoms with Gasteiger partial charge in [-0.25, -0.2) is 4.52 Å². The van der Waals surface area contributed by atoms with Crippen LogP contribution in [0.4, 0.5) is 5.69 Å². The molecule has 2 bridgehead atoms. The van der Waals surface area contributed by atoms with Gasteiger partial charge >= 0.3 is 0 Å². The number of rotatable bonds is 6. The van der Waals surface area contributed by atoms with Crippen molar-refractivity contribution in [1.29, 1.82) is 5.26 Å². The number of nitrogens with zero attached hydrogens (tertiary/aromatic N) is 7. The highest BCUT2D eigenvalue weighted by Crippen LogP contribution is 2.50. The van der Waals surface area contributed by atoms with E-state index in [1.54, 1.807) is 7.11 Å². The summed E-state index contributed by atoms with van der Waals surface area (Å²) in [5.41, 5.74) is 4.48. The molecule has 0 radical (unpaired) electrons. The zero-order valence-electron chi connectivity index (χ0n) is 19.4. The number of piperazine rings is 1. The Balaban J connectivity index is 1.21. The second-order valence-corrected chi connectivity index (χ2v) is 10.1. The molecule has 33 heavy (non-hydrogen) atoms. The Morgan fingerprint density at radius 1 is 1.12 bits per heavy atom. The topological polar surface area (TPSA) is 74.6 Å². The van der Waals surface area contributed by atoms with Crippen LogP contribution < -0.4 is 4.90 Å². The highest BCUT2D eigenvalue weighted by atomic mass is 16.5. The van der Waals surface area contributed by atoms with Crippen molar-refractivity contribution in [2.24, 2.45) is 12.5 Å². The van der Waals surface area contributed by atoms with Crippen LogP contribution in [0.5, 0.6) is 0 Å². The lowest BCUT2D eigenvalue weighted by Gasteiger charge is -2.53. The number of hydrogen-bond donors (Lipinski definition) is 0. The molecule has 2 unspecified atom stereocenters. The quantitative estimate of drug-likeness (QED) is 0.581. The first kappa shape index (κ1) is 20.7. The summed E-state index contributed by atoms with van der Waals surface area (Å²) in [6, 6.07) is 8.67. The highest BCUT2D eigenvalue weighted by molar-refractivity contribution is 5.79. The van der Waals surface area contributed by atoms with Gasteiger partial charge in [0.05, 0.1) is 28.9 Å². The van der Waals surface area contributed by atoms with E-state index in [1.807, 2.05) is 34.8 Å². The van der Waals surface area contributed by atoms with Gasteiger partial charge in [-0.15, -0.1) is 0 Å². The van der Waals surface area contributed by atoms with Gasteiger partial charge in [0.15, 0.2) is 0 Å². The molecule has 172 valence electrons. The summed E-state index contributed by atoms with van der Waals surface area (Å²) < 4.78 is 9.08. The fourth-order valence-electron chi connectivity index (χ4n) is 6.43. The Morgan fingerprint density at radius 2 is 1.91 bits per heavy atom. The number of hydrogen-bond acceptors (Lipinski definition) is 6. The van der Waals surface area contributed by atoms with Crippen molar-refractivity contribution in [3.63, 3.8) is 0 Å². The molecule has 2 saturated heterocycles. The molecule has 6 rings (SSSR count). The van der Waals surface area contributed by atoms with Crippen LogP contribution in [0.1, 0.15) is 32.1 Å². The van der Waals surface area contributed by atoms with Gasteiger partial charge in [0.25, 0.3) is 0 Å². The molecule has 0 amide bonds. The maximum atomic E-state index is 9.76. The van der Waals surface area contributed by atoms with E-state index in [1.165, 1.54) is 18.5 Å². The SMILES string of the molecule is COCCC1(C#N)CC(N2C3CCC2CN(c2ccnn4cc(-c5cnn(C)c5)cc24)C3)C1. The van der Waals surface area contributed by atoms with Crippen molar-refractivity contribution in [1.82, 2.24) is 24.3 Å². The first-order valence-corrected chi connectivity index (χ1v) is 12.0. The van der Waals surface area contributed by atoms with Crippen LogP contribution in [0.3, 0.4) is 0 Å². The monoisotopic (exact) mass is 445 g/mol. The summed E-state index contributed by atoms with van der Waals surface area (Å²) in [5.74, 6) is 0. The fourth-order valence-corrected chi connectivity index (χ4v) is 6.43. The van der Waals surface area contributed by atoms with Gasteiger partial charge in [-0.2, -0.15) is 15.5 Å². The average Bonchev–Trinajstić information content (AvgIpc) is 3.48. The van der Waals surface area contributed by atoms with Crippen LogP contribution in [0, 0.1) is 16.7 Å². The summed E-state index contributed by atoms with van der Waals surface area (Å²) in [6.07, 6.45) is 13.3. The molecule has 2 aliphatic heterocycles. The lowest BCUT2D eigenvalue weighted by atomic mass is 9.63. The molecule has 3 aromatic rings. The van der Waals surface area contributed by atoms with E-state index in [0.717, 1.165) is 49.0 Å². The first-order valence-electron chi connectivity index (χ1n) is 12.0. The van der Waals surface area contributed by atoms with Crippen LogP contribution >= 0.6 is 0 Å². The van der Waals surface area contributed by atoms with E-state index < -0.39 is 0 Å². The van der Waals surface area contributed by atoms with E-state index in [9.17, 15) is 5.26 Å². The molecule has 5 heterocycles. The third-order valence-electron chi connectivity index (χ3n) is 8.10. The third kappa shape index (κ3) is 3.42. The molecule has 8 nitrogen and oxygen atoms in total. The normalized spacial score (nSPS) is 29.4. The van der Waals surface area contributed by atoms with Gasteiger partial charge in [-0.05, 0) is 44.2 Å². The Hall–Kier alpha value is -2.89. The zero-order chi connectivity index (χ0) is 22.6. The summed E-state index contributed by atoms with van der Waals surface area (Å²) in [5, 5.41) is 18.6. The van der Waals surface area contributed by atoms with Crippen molar-refractivity contribution in [3.05, 3.63) is 36.9 Å². The van der Waals surface area contributed by atoms with Crippen LogP contribution in [-0.2, 0) is 11.8 Å². The lowest BCUT2D eigenvalue weighted by molar-refractivity contribution is -0.0146. The van der Waals surface area contributed by atoms with Crippen LogP contribution in [0.15, 0.2) is 36.9 Å². The zero-order valence-corrected chi connectivity index (χ0v) is 19.4. The third-order valence-corrected chi connectivity index (χ3v) is 8.10. The van der Waals surface area contributed by atoms with Gasteiger partial charge in [0.2, 0.25) is 0 Å². The number of aromatic nitrogens is 4. The Bertz CT molecular complexity index is 1190. The average molecular weight is 446 g/mol. The first-order chi connectivity index (χ1) is 16.1. The smallest absolute Gasteiger partial charge is 0.0886 e. The minimum absolute atomic E-state index is 0.177. The Kier molecular flexibility index (Phi) is 4.93. The van der Waals surface area contributed by atoms with E-state index in [-0.39, 0.29) is 5.41 Å². The molecule has 2 atom stereocenters. The lowest BCUT2D eigenvalue weighted by Crippen LogP contribution is -2.62. The van der Waals surface area contributed by atoms with E-state index in [2.05, 4.69) is 44.4 Å². The van der Waals surface area contributed by atoms with E-state index in [4.69, 9.17) is 4.74 Å². The standard InChI is InChI=1S/C25H31N7O/c1-29-13-19(12-28-29)18-9-24-23(5-7-27-31(24)14-18)30-15-20-3-4-21(16-30)32(20)22-10-25(11-22,17-26)6-8-33-2/h5,7,9,12-14,20-22H,3-4,6,8,10-11,15-16H2,1-2H3. The largest absolute Gasteiger partial charge is 0.385 e. The summed E-state index contributed by atoms with van der Waals surface area (Å²) in [7, 11) is 3.67. The van der Waals surface area contributed by atoms with Gasteiger partial charge in [0.1, 0.15) is 0 Å². The predicted octanol–water partition coefficient (Wildman–Crippen LogP) is 3.10. The Labute approximate surface area is 194 Å². The minimum Gasteiger partial charge on any atom is -0.385 e. The van der Waals surface area contributed by atoms with E-state index in [0.29, 0.717) is 24.7 Å². The number of ether oxygens (including phenoxy) is 1. The van der Waals surface area contributed by atoms with Gasteiger partial charge in [0, 0.05) is 81.7 Å². The van der Waals surface area contributed by atoms with Crippen molar-refractivity contribution < 1.29 is 4.74 Å². The molecule has 3 fully saturated rings. The van der Waals surface area contributed by atoms with Gasteiger partial charge in [-0.1, -0.05) is 0 Å². The number of aryl methyl sites for hydroxylation is 1. The predicted molar refractivity (Wildman–Crippen MR) is 126 cm³/mol. The summed E-state index contributed by atoms with van der Waals surface area (Å²) in [6.45, 7) is 2.76. The fraction of sp³-hybridized carbons (Fsp3) is 0.560. The van der Waals surface area contributed by atoms with Crippen molar-refractivity contribution in [2.45, 2.75) is 50.2 Å². The molecular formula is C25H31N7O. The van der Waals surface area contributed by atoms with Gasteiger partial charge < -0.3 is 9.64 Å². The summed E-state index contributed by atoms with van der Waals surface area (Å²) in [4.78, 5) is 5.32. The minimum atomic E-state index is -0.177. The van der Waals surface area contributed by atoms with Crippen molar-refractivity contribution >= 4 is 11.2 Å². The van der Waals surface area contributed by atoms with E-state index >= 15 is 0 Å². The van der Waals surface area contributed by atoms with Crippen molar-refractivity contribution in [3.8, 4) is 17.2 Å². The van der Waals surface area contributed by atoms with Crippen LogP contribution in [0.2, 0.25) is 0 Å². The number of anilines is 1. The highest BCUT2D eigenvalue weighted by Gasteiger charge is 2.52. The molecule has 3 aliphatic rings. The molecular weight excluding hydrogens is 414 g/mol. The maximum absolute atomic E-state index is 9.76. The second kappa shape index (κ2) is 7.86. The molecule has 3 aromatic heterocycles.